The Hall–Kier alpha value is -0.310. The van der Waals surface area contributed by atoms with Crippen LogP contribution in [0.5, 0.6) is 0 Å². The fourth-order valence-corrected chi connectivity index (χ4v) is 3.44. The third-order valence-electron chi connectivity index (χ3n) is 3.19. The quantitative estimate of drug-likeness (QED) is 0.709. The van der Waals surface area contributed by atoms with Gasteiger partial charge in [-0.25, -0.2) is 0 Å². The van der Waals surface area contributed by atoms with Gasteiger partial charge >= 0.3 is 0 Å². The largest absolute Gasteiger partial charge is 0.264 e. The summed E-state index contributed by atoms with van der Waals surface area (Å²) in [6.07, 6.45) is 3.82. The number of thiophene rings is 1. The minimum Gasteiger partial charge on any atom is -0.264 e. The Morgan fingerprint density at radius 1 is 1.47 bits per heavy atom. The standard InChI is InChI=1S/C13H16ClNS.ClH/c1-4-10-5-11(12(14)6-15-10)13-9(3)8(2)7-16-13;/h6-7,11H,4-5H2,1-3H3;1H. The second kappa shape index (κ2) is 6.03. The molecule has 0 aliphatic carbocycles. The Morgan fingerprint density at radius 2 is 2.18 bits per heavy atom. The molecule has 1 aromatic rings. The van der Waals surface area contributed by atoms with Crippen molar-refractivity contribution in [2.75, 3.05) is 0 Å². The number of aryl methyl sites for hydroxylation is 1. The monoisotopic (exact) mass is 289 g/mol. The SMILES string of the molecule is CCC1=NC=C(Cl)C(c2scc(C)c2C)C1.Cl. The number of aliphatic imine (C=N–C) groups is 1. The molecule has 2 rings (SSSR count). The molecule has 94 valence electrons. The summed E-state index contributed by atoms with van der Waals surface area (Å²) in [5.41, 5.74) is 4.00. The van der Waals surface area contributed by atoms with Crippen molar-refractivity contribution >= 4 is 41.1 Å². The number of hydrogen-bond acceptors (Lipinski definition) is 2. The summed E-state index contributed by atoms with van der Waals surface area (Å²) >= 11 is 8.10. The van der Waals surface area contributed by atoms with Gasteiger partial charge in [-0.2, -0.15) is 0 Å². The van der Waals surface area contributed by atoms with Crippen molar-refractivity contribution in [1.82, 2.24) is 0 Å². The van der Waals surface area contributed by atoms with Crippen LogP contribution in [0.15, 0.2) is 21.6 Å². The number of rotatable bonds is 2. The first-order valence-electron chi connectivity index (χ1n) is 5.59. The van der Waals surface area contributed by atoms with Gasteiger partial charge in [0.15, 0.2) is 0 Å². The first kappa shape index (κ1) is 14.7. The van der Waals surface area contributed by atoms with Crippen molar-refractivity contribution in [3.05, 3.63) is 32.6 Å². The molecule has 2 heterocycles. The van der Waals surface area contributed by atoms with Crippen LogP contribution in [-0.2, 0) is 0 Å². The fraction of sp³-hybridized carbons (Fsp3) is 0.462. The van der Waals surface area contributed by atoms with E-state index in [1.165, 1.54) is 21.7 Å². The lowest BCUT2D eigenvalue weighted by Gasteiger charge is -2.20. The normalized spacial score (nSPS) is 19.4. The van der Waals surface area contributed by atoms with E-state index < -0.39 is 0 Å². The smallest absolute Gasteiger partial charge is 0.0450 e. The number of hydrogen-bond donors (Lipinski definition) is 0. The van der Waals surface area contributed by atoms with E-state index in [-0.39, 0.29) is 12.4 Å². The van der Waals surface area contributed by atoms with E-state index in [1.807, 2.05) is 17.5 Å². The van der Waals surface area contributed by atoms with Gasteiger partial charge in [0, 0.05) is 27.7 Å². The third kappa shape index (κ3) is 2.93. The van der Waals surface area contributed by atoms with Gasteiger partial charge in [0.2, 0.25) is 0 Å². The molecule has 0 saturated heterocycles. The van der Waals surface area contributed by atoms with Crippen LogP contribution in [-0.4, -0.2) is 5.71 Å². The Bertz CT molecular complexity index is 460. The average Bonchev–Trinajstić information content (AvgIpc) is 2.61. The van der Waals surface area contributed by atoms with Crippen molar-refractivity contribution in [1.29, 1.82) is 0 Å². The van der Waals surface area contributed by atoms with E-state index in [9.17, 15) is 0 Å². The van der Waals surface area contributed by atoms with Crippen molar-refractivity contribution in [3.8, 4) is 0 Å². The summed E-state index contributed by atoms with van der Waals surface area (Å²) in [6.45, 7) is 6.49. The van der Waals surface area contributed by atoms with Gasteiger partial charge in [0.05, 0.1) is 0 Å². The van der Waals surface area contributed by atoms with Crippen LogP contribution >= 0.6 is 35.3 Å². The zero-order valence-electron chi connectivity index (χ0n) is 10.3. The molecule has 1 nitrogen and oxygen atoms in total. The minimum absolute atomic E-state index is 0. The minimum atomic E-state index is 0. The van der Waals surface area contributed by atoms with Gasteiger partial charge in [0.1, 0.15) is 0 Å². The lowest BCUT2D eigenvalue weighted by Crippen LogP contribution is -2.10. The molecular formula is C13H17Cl2NS. The second-order valence-corrected chi connectivity index (χ2v) is 5.58. The summed E-state index contributed by atoms with van der Waals surface area (Å²) in [5.74, 6) is 0.341. The number of halogens is 2. The third-order valence-corrected chi connectivity index (χ3v) is 4.87. The lowest BCUT2D eigenvalue weighted by molar-refractivity contribution is 0.852. The van der Waals surface area contributed by atoms with E-state index in [0.717, 1.165) is 17.9 Å². The molecule has 0 N–H and O–H groups in total. The van der Waals surface area contributed by atoms with Crippen LogP contribution in [0, 0.1) is 13.8 Å². The summed E-state index contributed by atoms with van der Waals surface area (Å²) in [6, 6.07) is 0. The molecular weight excluding hydrogens is 273 g/mol. The van der Waals surface area contributed by atoms with E-state index in [4.69, 9.17) is 11.6 Å². The second-order valence-electron chi connectivity index (χ2n) is 4.23. The zero-order valence-corrected chi connectivity index (χ0v) is 12.7. The molecule has 1 aliphatic heterocycles. The molecule has 0 radical (unpaired) electrons. The topological polar surface area (TPSA) is 12.4 Å². The first-order valence-corrected chi connectivity index (χ1v) is 6.85. The van der Waals surface area contributed by atoms with Gasteiger partial charge in [0.25, 0.3) is 0 Å². The molecule has 1 atom stereocenters. The zero-order chi connectivity index (χ0) is 11.7. The van der Waals surface area contributed by atoms with Crippen LogP contribution in [0.25, 0.3) is 0 Å². The maximum atomic E-state index is 6.28. The molecule has 1 aliphatic rings. The Morgan fingerprint density at radius 3 is 2.71 bits per heavy atom. The highest BCUT2D eigenvalue weighted by molar-refractivity contribution is 7.10. The summed E-state index contributed by atoms with van der Waals surface area (Å²) in [4.78, 5) is 5.77. The molecule has 1 unspecified atom stereocenters. The van der Waals surface area contributed by atoms with E-state index >= 15 is 0 Å². The molecule has 0 fully saturated rings. The molecule has 1 aromatic heterocycles. The fourth-order valence-electron chi connectivity index (χ4n) is 1.95. The summed E-state index contributed by atoms with van der Waals surface area (Å²) in [5, 5.41) is 3.09. The maximum Gasteiger partial charge on any atom is 0.0450 e. The van der Waals surface area contributed by atoms with Crippen LogP contribution < -0.4 is 0 Å². The molecule has 0 amide bonds. The highest BCUT2D eigenvalue weighted by atomic mass is 35.5. The van der Waals surface area contributed by atoms with Crippen molar-refractivity contribution in [3.63, 3.8) is 0 Å². The number of allylic oxidation sites excluding steroid dienone is 1. The van der Waals surface area contributed by atoms with Crippen molar-refractivity contribution < 1.29 is 0 Å². The summed E-state index contributed by atoms with van der Waals surface area (Å²) < 4.78 is 0. The van der Waals surface area contributed by atoms with Gasteiger partial charge in [-0.05, 0) is 43.2 Å². The van der Waals surface area contributed by atoms with E-state index in [1.54, 1.807) is 0 Å². The van der Waals surface area contributed by atoms with Crippen LogP contribution in [0.1, 0.15) is 41.7 Å². The van der Waals surface area contributed by atoms with Gasteiger partial charge in [-0.15, -0.1) is 23.7 Å². The Labute approximate surface area is 118 Å². The molecule has 4 heteroatoms. The maximum absolute atomic E-state index is 6.28. The van der Waals surface area contributed by atoms with Crippen LogP contribution in [0.4, 0.5) is 0 Å². The lowest BCUT2D eigenvalue weighted by atomic mass is 9.94. The average molecular weight is 290 g/mol. The van der Waals surface area contributed by atoms with Crippen molar-refractivity contribution in [2.45, 2.75) is 39.5 Å². The molecule has 0 bridgehead atoms. The molecule has 0 spiro atoms. The summed E-state index contributed by atoms with van der Waals surface area (Å²) in [7, 11) is 0. The van der Waals surface area contributed by atoms with E-state index in [0.29, 0.717) is 5.92 Å². The van der Waals surface area contributed by atoms with Crippen LogP contribution in [0.3, 0.4) is 0 Å². The predicted molar refractivity (Wildman–Crippen MR) is 80.1 cm³/mol. The van der Waals surface area contributed by atoms with Crippen LogP contribution in [0.2, 0.25) is 0 Å². The molecule has 17 heavy (non-hydrogen) atoms. The van der Waals surface area contributed by atoms with Gasteiger partial charge in [-0.1, -0.05) is 18.5 Å². The predicted octanol–water partition coefficient (Wildman–Crippen LogP) is 5.21. The Balaban J connectivity index is 0.00000144. The highest BCUT2D eigenvalue weighted by Gasteiger charge is 2.23. The molecule has 0 aromatic carbocycles. The first-order chi connectivity index (χ1) is 7.63. The van der Waals surface area contributed by atoms with E-state index in [2.05, 4.69) is 31.1 Å². The van der Waals surface area contributed by atoms with Crippen molar-refractivity contribution in [2.24, 2.45) is 4.99 Å². The Kier molecular flexibility index (Phi) is 5.23. The van der Waals surface area contributed by atoms with Gasteiger partial charge in [-0.3, -0.25) is 4.99 Å². The highest BCUT2D eigenvalue weighted by Crippen LogP contribution is 2.39. The van der Waals surface area contributed by atoms with Gasteiger partial charge < -0.3 is 0 Å². The molecule has 0 saturated carbocycles. The number of nitrogens with zero attached hydrogens (tertiary/aromatic N) is 1.